The quantitative estimate of drug-likeness (QED) is 0.786. The van der Waals surface area contributed by atoms with Crippen LogP contribution in [-0.2, 0) is 6.54 Å². The molecule has 0 aliphatic carbocycles. The lowest BCUT2D eigenvalue weighted by Gasteiger charge is -2.26. The van der Waals surface area contributed by atoms with Crippen molar-refractivity contribution < 1.29 is 4.74 Å². The maximum atomic E-state index is 8.96. The number of rotatable bonds is 6. The molecular formula is C15H19N3O. The molecule has 19 heavy (non-hydrogen) atoms. The van der Waals surface area contributed by atoms with Crippen molar-refractivity contribution in [3.8, 4) is 17.9 Å². The Balaban J connectivity index is 2.94. The molecule has 0 spiro atoms. The molecule has 1 aromatic rings. The Hall–Kier alpha value is -2.04. The lowest BCUT2D eigenvalue weighted by Crippen LogP contribution is -2.31. The fraction of sp³-hybridized carbons (Fsp3) is 0.467. The molecule has 0 amide bonds. The second-order valence-electron chi connectivity index (χ2n) is 4.61. The van der Waals surface area contributed by atoms with Crippen LogP contribution in [0.25, 0.3) is 0 Å². The highest BCUT2D eigenvalue weighted by Gasteiger charge is 2.13. The third kappa shape index (κ3) is 4.28. The molecule has 0 unspecified atom stereocenters. The molecular weight excluding hydrogens is 238 g/mol. The van der Waals surface area contributed by atoms with E-state index in [1.54, 1.807) is 13.2 Å². The second-order valence-corrected chi connectivity index (χ2v) is 4.61. The van der Waals surface area contributed by atoms with E-state index < -0.39 is 0 Å². The van der Waals surface area contributed by atoms with E-state index in [-0.39, 0.29) is 0 Å². The highest BCUT2D eigenvalue weighted by atomic mass is 16.5. The molecule has 0 radical (unpaired) electrons. The van der Waals surface area contributed by atoms with E-state index in [0.29, 0.717) is 31.1 Å². The van der Waals surface area contributed by atoms with Crippen LogP contribution < -0.4 is 4.74 Å². The number of benzene rings is 1. The van der Waals surface area contributed by atoms with Gasteiger partial charge in [-0.1, -0.05) is 0 Å². The first-order chi connectivity index (χ1) is 9.12. The van der Waals surface area contributed by atoms with Gasteiger partial charge in [0.1, 0.15) is 5.75 Å². The Morgan fingerprint density at radius 1 is 1.32 bits per heavy atom. The Morgan fingerprint density at radius 3 is 2.58 bits per heavy atom. The molecule has 0 saturated carbocycles. The summed E-state index contributed by atoms with van der Waals surface area (Å²) in [6.45, 7) is 5.59. The van der Waals surface area contributed by atoms with Crippen LogP contribution in [0.5, 0.6) is 5.75 Å². The highest BCUT2D eigenvalue weighted by molar-refractivity contribution is 5.42. The van der Waals surface area contributed by atoms with E-state index in [4.69, 9.17) is 15.3 Å². The van der Waals surface area contributed by atoms with Gasteiger partial charge in [-0.2, -0.15) is 10.5 Å². The van der Waals surface area contributed by atoms with Crippen molar-refractivity contribution in [2.45, 2.75) is 32.9 Å². The SMILES string of the molecule is COc1ccc(C#N)cc1CN(CCC#N)C(C)C. The maximum Gasteiger partial charge on any atom is 0.123 e. The molecule has 0 heterocycles. The third-order valence-corrected chi connectivity index (χ3v) is 3.02. The van der Waals surface area contributed by atoms with Crippen LogP contribution in [0, 0.1) is 22.7 Å². The zero-order valence-electron chi connectivity index (χ0n) is 11.7. The van der Waals surface area contributed by atoms with Gasteiger partial charge in [0.05, 0.1) is 24.8 Å². The molecule has 0 aliphatic heterocycles. The first-order valence-electron chi connectivity index (χ1n) is 6.30. The zero-order valence-corrected chi connectivity index (χ0v) is 11.7. The standard InChI is InChI=1S/C15H19N3O/c1-12(2)18(8-4-7-16)11-14-9-13(10-17)5-6-15(14)19-3/h5-6,9,12H,4,8,11H2,1-3H3. The predicted molar refractivity (Wildman–Crippen MR) is 73.5 cm³/mol. The molecule has 0 N–H and O–H groups in total. The van der Waals surface area contributed by atoms with Crippen LogP contribution >= 0.6 is 0 Å². The molecule has 100 valence electrons. The Kier molecular flexibility index (Phi) is 5.85. The summed E-state index contributed by atoms with van der Waals surface area (Å²) in [5, 5.41) is 17.7. The number of nitriles is 2. The van der Waals surface area contributed by atoms with Crippen molar-refractivity contribution in [1.82, 2.24) is 4.90 Å². The molecule has 1 aromatic carbocycles. The fourth-order valence-corrected chi connectivity index (χ4v) is 1.90. The molecule has 1 rings (SSSR count). The number of methoxy groups -OCH3 is 1. The average Bonchev–Trinajstić information content (AvgIpc) is 2.42. The molecule has 0 saturated heterocycles. The van der Waals surface area contributed by atoms with E-state index in [1.807, 2.05) is 12.1 Å². The van der Waals surface area contributed by atoms with Gasteiger partial charge in [-0.05, 0) is 32.0 Å². The van der Waals surface area contributed by atoms with Crippen molar-refractivity contribution in [1.29, 1.82) is 10.5 Å². The second kappa shape index (κ2) is 7.41. The molecule has 0 atom stereocenters. The minimum atomic E-state index is 0.337. The number of hydrogen-bond donors (Lipinski definition) is 0. The van der Waals surface area contributed by atoms with E-state index >= 15 is 0 Å². The average molecular weight is 257 g/mol. The van der Waals surface area contributed by atoms with Crippen LogP contribution in [0.2, 0.25) is 0 Å². The van der Waals surface area contributed by atoms with E-state index in [9.17, 15) is 0 Å². The number of nitrogens with zero attached hydrogens (tertiary/aromatic N) is 3. The van der Waals surface area contributed by atoms with Crippen molar-refractivity contribution in [3.63, 3.8) is 0 Å². The summed E-state index contributed by atoms with van der Waals surface area (Å²) >= 11 is 0. The number of ether oxygens (including phenoxy) is 1. The van der Waals surface area contributed by atoms with Gasteiger partial charge < -0.3 is 4.74 Å². The van der Waals surface area contributed by atoms with Gasteiger partial charge in [0.25, 0.3) is 0 Å². The van der Waals surface area contributed by atoms with Gasteiger partial charge in [-0.3, -0.25) is 4.90 Å². The Morgan fingerprint density at radius 2 is 2.05 bits per heavy atom. The number of hydrogen-bond acceptors (Lipinski definition) is 4. The van der Waals surface area contributed by atoms with Crippen molar-refractivity contribution in [2.24, 2.45) is 0 Å². The first-order valence-corrected chi connectivity index (χ1v) is 6.30. The maximum absolute atomic E-state index is 8.96. The van der Waals surface area contributed by atoms with Crippen LogP contribution in [-0.4, -0.2) is 24.6 Å². The van der Waals surface area contributed by atoms with Gasteiger partial charge in [-0.15, -0.1) is 0 Å². The summed E-state index contributed by atoms with van der Waals surface area (Å²) in [5.74, 6) is 0.779. The molecule has 0 aromatic heterocycles. The molecule has 0 fully saturated rings. The monoisotopic (exact) mass is 257 g/mol. The summed E-state index contributed by atoms with van der Waals surface area (Å²) in [7, 11) is 1.62. The lowest BCUT2D eigenvalue weighted by atomic mass is 10.1. The van der Waals surface area contributed by atoms with Gasteiger partial charge in [0, 0.05) is 31.1 Å². The smallest absolute Gasteiger partial charge is 0.123 e. The van der Waals surface area contributed by atoms with Gasteiger partial charge in [0.2, 0.25) is 0 Å². The van der Waals surface area contributed by atoms with Crippen LogP contribution in [0.4, 0.5) is 0 Å². The minimum absolute atomic E-state index is 0.337. The van der Waals surface area contributed by atoms with E-state index in [0.717, 1.165) is 11.3 Å². The van der Waals surface area contributed by atoms with Crippen LogP contribution in [0.3, 0.4) is 0 Å². The summed E-state index contributed by atoms with van der Waals surface area (Å²) in [5.41, 5.74) is 1.60. The lowest BCUT2D eigenvalue weighted by molar-refractivity contribution is 0.215. The first kappa shape index (κ1) is 15.0. The van der Waals surface area contributed by atoms with Crippen molar-refractivity contribution in [2.75, 3.05) is 13.7 Å². The summed E-state index contributed by atoms with van der Waals surface area (Å²) < 4.78 is 5.33. The predicted octanol–water partition coefficient (Wildman–Crippen LogP) is 2.69. The van der Waals surface area contributed by atoms with Crippen LogP contribution in [0.15, 0.2) is 18.2 Å². The van der Waals surface area contributed by atoms with Gasteiger partial charge >= 0.3 is 0 Å². The summed E-state index contributed by atoms with van der Waals surface area (Å²) in [4.78, 5) is 2.20. The Labute approximate surface area is 114 Å². The molecule has 0 aliphatic rings. The van der Waals surface area contributed by atoms with Gasteiger partial charge in [-0.25, -0.2) is 0 Å². The summed E-state index contributed by atoms with van der Waals surface area (Å²) in [6, 6.07) is 10.1. The Bertz CT molecular complexity index is 497. The molecule has 4 heteroatoms. The normalized spacial score (nSPS) is 10.3. The highest BCUT2D eigenvalue weighted by Crippen LogP contribution is 2.22. The fourth-order valence-electron chi connectivity index (χ4n) is 1.90. The zero-order chi connectivity index (χ0) is 14.3. The van der Waals surface area contributed by atoms with E-state index in [1.165, 1.54) is 0 Å². The summed E-state index contributed by atoms with van der Waals surface area (Å²) in [6.07, 6.45) is 0.498. The van der Waals surface area contributed by atoms with E-state index in [2.05, 4.69) is 30.9 Å². The van der Waals surface area contributed by atoms with Crippen molar-refractivity contribution >= 4 is 0 Å². The molecule has 0 bridgehead atoms. The topological polar surface area (TPSA) is 60.0 Å². The largest absolute Gasteiger partial charge is 0.496 e. The third-order valence-electron chi connectivity index (χ3n) is 3.02. The molecule has 4 nitrogen and oxygen atoms in total. The van der Waals surface area contributed by atoms with Crippen molar-refractivity contribution in [3.05, 3.63) is 29.3 Å². The van der Waals surface area contributed by atoms with Gasteiger partial charge in [0.15, 0.2) is 0 Å². The minimum Gasteiger partial charge on any atom is -0.496 e. The van der Waals surface area contributed by atoms with Crippen LogP contribution in [0.1, 0.15) is 31.4 Å².